The lowest BCUT2D eigenvalue weighted by Gasteiger charge is -2.16. The van der Waals surface area contributed by atoms with Gasteiger partial charge < -0.3 is 0 Å². The van der Waals surface area contributed by atoms with Gasteiger partial charge in [0, 0.05) is 16.7 Å². The summed E-state index contributed by atoms with van der Waals surface area (Å²) in [6, 6.07) is 55.8. The van der Waals surface area contributed by atoms with Crippen LogP contribution in [0.1, 0.15) is 97.2 Å². The minimum absolute atomic E-state index is 0.937. The van der Waals surface area contributed by atoms with Gasteiger partial charge in [0.15, 0.2) is 0 Å². The standard InChI is InChI=1S/C56H49N.2C2H6/c1-38(2)55(57-56(48-22-9-8-10-23-48)54-43(7)27-30-47-21-15-16-24-53(47)54)49-33-31-46(32-34-49)52-36-50(41(5)25-28-44-19-13-11-17-39(44)3)35-51(37-52)42(6)26-29-45-20-14-12-18-40(45)4;2*1-2/h8-37H,5-6H2,1-4,7H3;2*1-2H3/b28-25-,29-26-,57-56?;;. The highest BCUT2D eigenvalue weighted by Gasteiger charge is 2.16. The molecule has 0 aliphatic carbocycles. The molecule has 0 saturated carbocycles. The van der Waals surface area contributed by atoms with E-state index in [1.807, 2.05) is 27.7 Å². The number of aliphatic imine (C=N–C) groups is 1. The van der Waals surface area contributed by atoms with Crippen LogP contribution in [0.4, 0.5) is 0 Å². The molecule has 0 spiro atoms. The second-order valence-corrected chi connectivity index (χ2v) is 15.0. The molecule has 0 aromatic heterocycles. The van der Waals surface area contributed by atoms with Crippen molar-refractivity contribution >= 4 is 45.5 Å². The predicted molar refractivity (Wildman–Crippen MR) is 272 cm³/mol. The highest BCUT2D eigenvalue weighted by molar-refractivity contribution is 6.21. The molecule has 1 nitrogen and oxygen atoms in total. The molecule has 61 heavy (non-hydrogen) atoms. The van der Waals surface area contributed by atoms with Crippen molar-refractivity contribution in [3.63, 3.8) is 0 Å². The SMILES string of the molecule is C=C(/C=C\c1ccccc1C)c1cc(C(=C)/C=C\c2ccccc2C)cc(-c2ccc(C(N=C(c3ccccc3)c3c(C)ccc4ccccc34)=C(C)C)cc2)c1.CC.CC. The van der Waals surface area contributed by atoms with Gasteiger partial charge in [-0.2, -0.15) is 0 Å². The Balaban J connectivity index is 0.00000171. The maximum absolute atomic E-state index is 5.54. The van der Waals surface area contributed by atoms with E-state index in [4.69, 9.17) is 4.99 Å². The fourth-order valence-corrected chi connectivity index (χ4v) is 7.24. The fourth-order valence-electron chi connectivity index (χ4n) is 7.24. The summed E-state index contributed by atoms with van der Waals surface area (Å²) >= 11 is 0. The van der Waals surface area contributed by atoms with Crippen molar-refractivity contribution in [1.82, 2.24) is 0 Å². The third-order valence-corrected chi connectivity index (χ3v) is 10.6. The largest absolute Gasteiger partial charge is 0.247 e. The molecule has 0 N–H and O–H groups in total. The van der Waals surface area contributed by atoms with Gasteiger partial charge in [0.25, 0.3) is 0 Å². The second kappa shape index (κ2) is 22.0. The van der Waals surface area contributed by atoms with Crippen LogP contribution >= 0.6 is 0 Å². The molecule has 7 aromatic rings. The molecule has 0 radical (unpaired) electrons. The maximum atomic E-state index is 5.54. The molecule has 7 rings (SSSR count). The lowest BCUT2D eigenvalue weighted by molar-refractivity contribution is 1.33. The van der Waals surface area contributed by atoms with Crippen molar-refractivity contribution in [3.05, 3.63) is 244 Å². The molecule has 306 valence electrons. The van der Waals surface area contributed by atoms with Gasteiger partial charge in [-0.05, 0) is 125 Å². The molecule has 7 aromatic carbocycles. The summed E-state index contributed by atoms with van der Waals surface area (Å²) in [5.74, 6) is 0. The molecular formula is C60H61N. The minimum atomic E-state index is 0.937. The molecule has 0 saturated heterocycles. The van der Waals surface area contributed by atoms with Gasteiger partial charge in [-0.15, -0.1) is 0 Å². The van der Waals surface area contributed by atoms with Crippen LogP contribution in [0.15, 0.2) is 194 Å². The van der Waals surface area contributed by atoms with Crippen molar-refractivity contribution in [1.29, 1.82) is 0 Å². The summed E-state index contributed by atoms with van der Waals surface area (Å²) in [5, 5.41) is 2.40. The van der Waals surface area contributed by atoms with Gasteiger partial charge in [0.2, 0.25) is 0 Å². The van der Waals surface area contributed by atoms with Crippen molar-refractivity contribution in [2.45, 2.75) is 62.3 Å². The van der Waals surface area contributed by atoms with E-state index < -0.39 is 0 Å². The summed E-state index contributed by atoms with van der Waals surface area (Å²) in [6.45, 7) is 27.8. The molecule has 0 aliphatic heterocycles. The molecule has 0 bridgehead atoms. The Kier molecular flexibility index (Phi) is 16.3. The van der Waals surface area contributed by atoms with Crippen molar-refractivity contribution in [3.8, 4) is 11.1 Å². The maximum Gasteiger partial charge on any atom is 0.0790 e. The Hall–Kier alpha value is -6.83. The van der Waals surface area contributed by atoms with Crippen LogP contribution < -0.4 is 0 Å². The Bertz CT molecular complexity index is 2640. The molecule has 0 unspecified atom stereocenters. The van der Waals surface area contributed by atoms with Gasteiger partial charge in [0.05, 0.1) is 11.4 Å². The highest BCUT2D eigenvalue weighted by atomic mass is 14.8. The van der Waals surface area contributed by atoms with Crippen LogP contribution in [0.25, 0.3) is 50.9 Å². The van der Waals surface area contributed by atoms with Crippen LogP contribution in [0.2, 0.25) is 0 Å². The monoisotopic (exact) mass is 795 g/mol. The van der Waals surface area contributed by atoms with E-state index >= 15 is 0 Å². The van der Waals surface area contributed by atoms with Gasteiger partial charge in [-0.1, -0.05) is 210 Å². The van der Waals surface area contributed by atoms with Gasteiger partial charge >= 0.3 is 0 Å². The van der Waals surface area contributed by atoms with Gasteiger partial charge in [-0.3, -0.25) is 0 Å². The predicted octanol–water partition coefficient (Wildman–Crippen LogP) is 17.2. The summed E-state index contributed by atoms with van der Waals surface area (Å²) < 4.78 is 0. The summed E-state index contributed by atoms with van der Waals surface area (Å²) in [6.07, 6.45) is 8.52. The smallest absolute Gasteiger partial charge is 0.0790 e. The zero-order chi connectivity index (χ0) is 43.9. The molecule has 0 fully saturated rings. The number of fused-ring (bicyclic) bond motifs is 1. The number of benzene rings is 7. The average molecular weight is 796 g/mol. The molecular weight excluding hydrogens is 735 g/mol. The van der Waals surface area contributed by atoms with E-state index in [-0.39, 0.29) is 0 Å². The molecule has 0 amide bonds. The summed E-state index contributed by atoms with van der Waals surface area (Å²) in [4.78, 5) is 5.54. The molecule has 0 aliphatic rings. The van der Waals surface area contributed by atoms with E-state index in [2.05, 4.69) is 230 Å². The molecule has 0 heterocycles. The lowest BCUT2D eigenvalue weighted by Crippen LogP contribution is -2.07. The van der Waals surface area contributed by atoms with Crippen molar-refractivity contribution in [2.24, 2.45) is 4.99 Å². The van der Waals surface area contributed by atoms with Crippen molar-refractivity contribution in [2.75, 3.05) is 0 Å². The summed E-state index contributed by atoms with van der Waals surface area (Å²) in [7, 11) is 0. The Morgan fingerprint density at radius 3 is 1.51 bits per heavy atom. The van der Waals surface area contributed by atoms with Crippen LogP contribution in [-0.2, 0) is 0 Å². The number of hydrogen-bond donors (Lipinski definition) is 0. The number of rotatable bonds is 11. The Morgan fingerprint density at radius 1 is 0.459 bits per heavy atom. The quantitative estimate of drug-likeness (QED) is 0.0913. The fraction of sp³-hybridized carbons (Fsp3) is 0.150. The first-order valence-electron chi connectivity index (χ1n) is 21.6. The van der Waals surface area contributed by atoms with Crippen LogP contribution in [0.3, 0.4) is 0 Å². The van der Waals surface area contributed by atoms with Crippen LogP contribution in [-0.4, -0.2) is 5.71 Å². The van der Waals surface area contributed by atoms with Crippen molar-refractivity contribution < 1.29 is 0 Å². The summed E-state index contributed by atoms with van der Waals surface area (Å²) in [5.41, 5.74) is 18.6. The zero-order valence-corrected chi connectivity index (χ0v) is 37.7. The average Bonchev–Trinajstić information content (AvgIpc) is 3.30. The third kappa shape index (κ3) is 11.3. The Morgan fingerprint density at radius 2 is 0.967 bits per heavy atom. The van der Waals surface area contributed by atoms with E-state index in [1.54, 1.807) is 0 Å². The molecule has 1 heteroatoms. The first-order valence-corrected chi connectivity index (χ1v) is 21.6. The van der Waals surface area contributed by atoms with Gasteiger partial charge in [-0.25, -0.2) is 4.99 Å². The topological polar surface area (TPSA) is 12.4 Å². The van der Waals surface area contributed by atoms with Crippen LogP contribution in [0.5, 0.6) is 0 Å². The van der Waals surface area contributed by atoms with Crippen LogP contribution in [0, 0.1) is 20.8 Å². The lowest BCUT2D eigenvalue weighted by atomic mass is 9.91. The molecule has 0 atom stereocenters. The van der Waals surface area contributed by atoms with Gasteiger partial charge in [0.1, 0.15) is 0 Å². The first kappa shape index (κ1) is 45.3. The van der Waals surface area contributed by atoms with E-state index in [1.165, 1.54) is 38.6 Å². The normalized spacial score (nSPS) is 11.1. The number of allylic oxidation sites excluding steroid dienone is 5. The Labute approximate surface area is 366 Å². The number of nitrogens with zero attached hydrogens (tertiary/aromatic N) is 1. The highest BCUT2D eigenvalue weighted by Crippen LogP contribution is 2.33. The van der Waals surface area contributed by atoms with E-state index in [9.17, 15) is 0 Å². The van der Waals surface area contributed by atoms with E-state index in [0.29, 0.717) is 0 Å². The zero-order valence-electron chi connectivity index (χ0n) is 37.7. The van der Waals surface area contributed by atoms with E-state index in [0.717, 1.165) is 67.1 Å². The second-order valence-electron chi connectivity index (χ2n) is 15.0. The third-order valence-electron chi connectivity index (χ3n) is 10.6. The first-order chi connectivity index (χ1) is 29.7. The minimum Gasteiger partial charge on any atom is -0.247 e. The number of aryl methyl sites for hydroxylation is 3. The number of hydrogen-bond acceptors (Lipinski definition) is 1.